The largest absolute Gasteiger partial charge is 0.482 e. The highest BCUT2D eigenvalue weighted by molar-refractivity contribution is 7.88. The molecule has 2 aromatic rings. The van der Waals surface area contributed by atoms with Crippen LogP contribution in [0.3, 0.4) is 0 Å². The summed E-state index contributed by atoms with van der Waals surface area (Å²) in [6, 6.07) is 11.9. The van der Waals surface area contributed by atoms with Gasteiger partial charge in [0.15, 0.2) is 6.61 Å². The summed E-state index contributed by atoms with van der Waals surface area (Å²) in [7, 11) is -3.46. The van der Waals surface area contributed by atoms with Crippen LogP contribution in [-0.2, 0) is 31.9 Å². The number of carbonyl (C=O) groups excluding carboxylic acids is 1. The topological polar surface area (TPSA) is 84.9 Å². The number of hydrogen-bond donors (Lipinski definition) is 1. The molecule has 3 rings (SSSR count). The number of morpholine rings is 1. The maximum absolute atomic E-state index is 12.7. The van der Waals surface area contributed by atoms with Crippen molar-refractivity contribution >= 4 is 39.1 Å². The highest BCUT2D eigenvalue weighted by Gasteiger charge is 2.25. The molecule has 1 fully saturated rings. The van der Waals surface area contributed by atoms with Crippen LogP contribution in [0.1, 0.15) is 11.1 Å². The Morgan fingerprint density at radius 1 is 1.10 bits per heavy atom. The van der Waals surface area contributed by atoms with E-state index in [4.69, 9.17) is 32.7 Å². The molecular weight excluding hydrogens is 451 g/mol. The Bertz CT molecular complexity index is 994. The molecule has 0 aliphatic carbocycles. The van der Waals surface area contributed by atoms with Gasteiger partial charge in [0.1, 0.15) is 5.75 Å². The quantitative estimate of drug-likeness (QED) is 0.638. The van der Waals surface area contributed by atoms with Crippen molar-refractivity contribution in [2.45, 2.75) is 12.3 Å². The van der Waals surface area contributed by atoms with Gasteiger partial charge >= 0.3 is 0 Å². The van der Waals surface area contributed by atoms with Crippen molar-refractivity contribution in [2.24, 2.45) is 0 Å². The zero-order valence-corrected chi connectivity index (χ0v) is 18.5. The third-order valence-electron chi connectivity index (χ3n) is 4.55. The van der Waals surface area contributed by atoms with Gasteiger partial charge in [-0.05, 0) is 23.3 Å². The predicted octanol–water partition coefficient (Wildman–Crippen LogP) is 2.85. The number of carbonyl (C=O) groups is 1. The zero-order chi connectivity index (χ0) is 21.6. The van der Waals surface area contributed by atoms with E-state index < -0.39 is 10.0 Å². The van der Waals surface area contributed by atoms with Gasteiger partial charge in [0.05, 0.1) is 24.0 Å². The molecule has 1 aliphatic rings. The van der Waals surface area contributed by atoms with Crippen LogP contribution in [0.4, 0.5) is 0 Å². The molecule has 1 saturated heterocycles. The lowest BCUT2D eigenvalue weighted by molar-refractivity contribution is -0.123. The molecule has 30 heavy (non-hydrogen) atoms. The molecule has 0 radical (unpaired) electrons. The van der Waals surface area contributed by atoms with Gasteiger partial charge < -0.3 is 14.8 Å². The Labute approximate surface area is 185 Å². The van der Waals surface area contributed by atoms with Crippen LogP contribution >= 0.6 is 23.2 Å². The molecule has 0 spiro atoms. The van der Waals surface area contributed by atoms with Crippen molar-refractivity contribution in [1.82, 2.24) is 9.62 Å². The van der Waals surface area contributed by atoms with Gasteiger partial charge in [-0.1, -0.05) is 47.5 Å². The summed E-state index contributed by atoms with van der Waals surface area (Å²) in [5.41, 5.74) is 1.37. The Balaban J connectivity index is 1.58. The van der Waals surface area contributed by atoms with Crippen molar-refractivity contribution in [3.8, 4) is 5.75 Å². The normalized spacial score (nSPS) is 15.0. The second kappa shape index (κ2) is 10.5. The van der Waals surface area contributed by atoms with E-state index in [0.717, 1.165) is 5.56 Å². The van der Waals surface area contributed by atoms with Crippen molar-refractivity contribution in [1.29, 1.82) is 0 Å². The van der Waals surface area contributed by atoms with E-state index in [1.807, 2.05) is 0 Å². The number of nitrogens with zero attached hydrogens (tertiary/aromatic N) is 1. The van der Waals surface area contributed by atoms with Gasteiger partial charge in [-0.25, -0.2) is 8.42 Å². The van der Waals surface area contributed by atoms with E-state index >= 15 is 0 Å². The van der Waals surface area contributed by atoms with E-state index in [1.165, 1.54) is 10.4 Å². The lowest BCUT2D eigenvalue weighted by Crippen LogP contribution is -2.41. The summed E-state index contributed by atoms with van der Waals surface area (Å²) in [4.78, 5) is 12.2. The summed E-state index contributed by atoms with van der Waals surface area (Å²) < 4.78 is 37.5. The number of amides is 1. The molecule has 1 N–H and O–H groups in total. The van der Waals surface area contributed by atoms with Crippen LogP contribution in [-0.4, -0.2) is 51.5 Å². The predicted molar refractivity (Wildman–Crippen MR) is 115 cm³/mol. The maximum Gasteiger partial charge on any atom is 0.258 e. The molecule has 0 atom stereocenters. The van der Waals surface area contributed by atoms with Crippen molar-refractivity contribution < 1.29 is 22.7 Å². The van der Waals surface area contributed by atoms with E-state index in [1.54, 1.807) is 36.4 Å². The minimum absolute atomic E-state index is 0.131. The molecule has 0 aromatic heterocycles. The molecule has 1 aliphatic heterocycles. The fourth-order valence-corrected chi connectivity index (χ4v) is 4.86. The first-order valence-corrected chi connectivity index (χ1v) is 11.7. The molecule has 7 nitrogen and oxygen atoms in total. The first-order chi connectivity index (χ1) is 14.3. The van der Waals surface area contributed by atoms with Gasteiger partial charge in [-0.2, -0.15) is 4.31 Å². The number of hydrogen-bond acceptors (Lipinski definition) is 5. The molecule has 0 bridgehead atoms. The van der Waals surface area contributed by atoms with E-state index in [9.17, 15) is 13.2 Å². The average molecular weight is 473 g/mol. The number of nitrogens with one attached hydrogen (secondary N) is 1. The standard InChI is InChI=1S/C20H22Cl2N2O5S/c21-17-5-6-18(22)19(11-17)29-13-20(25)23-12-15-3-1-2-4-16(15)14-30(26,27)24-7-9-28-10-8-24/h1-6,11H,7-10,12-14H2,(H,23,25). The SMILES string of the molecule is O=C(COc1cc(Cl)ccc1Cl)NCc1ccccc1CS(=O)(=O)N1CCOCC1. The monoisotopic (exact) mass is 472 g/mol. The number of sulfonamides is 1. The Hall–Kier alpha value is -1.84. The first-order valence-electron chi connectivity index (χ1n) is 9.32. The van der Waals surface area contributed by atoms with E-state index in [2.05, 4.69) is 5.32 Å². The molecule has 0 saturated carbocycles. The summed E-state index contributed by atoms with van der Waals surface area (Å²) in [6.45, 7) is 1.44. The van der Waals surface area contributed by atoms with Crippen molar-refractivity contribution in [3.05, 3.63) is 63.6 Å². The molecular formula is C20H22Cl2N2O5S. The van der Waals surface area contributed by atoms with Crippen LogP contribution in [0, 0.1) is 0 Å². The molecule has 162 valence electrons. The minimum Gasteiger partial charge on any atom is -0.482 e. The van der Waals surface area contributed by atoms with Crippen molar-refractivity contribution in [3.63, 3.8) is 0 Å². The fraction of sp³-hybridized carbons (Fsp3) is 0.350. The second-order valence-corrected chi connectivity index (χ2v) is 9.49. The highest BCUT2D eigenvalue weighted by Crippen LogP contribution is 2.27. The number of benzene rings is 2. The van der Waals surface area contributed by atoms with E-state index in [-0.39, 0.29) is 24.8 Å². The van der Waals surface area contributed by atoms with Gasteiger partial charge in [0, 0.05) is 30.7 Å². The molecule has 2 aromatic carbocycles. The second-order valence-electron chi connectivity index (χ2n) is 6.68. The fourth-order valence-electron chi connectivity index (χ4n) is 2.96. The Morgan fingerprint density at radius 3 is 2.53 bits per heavy atom. The number of halogens is 2. The van der Waals surface area contributed by atoms with Gasteiger partial charge in [0.25, 0.3) is 5.91 Å². The third kappa shape index (κ3) is 6.33. The molecule has 1 heterocycles. The lowest BCUT2D eigenvalue weighted by Gasteiger charge is -2.26. The maximum atomic E-state index is 12.7. The van der Waals surface area contributed by atoms with Crippen LogP contribution in [0.5, 0.6) is 5.75 Å². The summed E-state index contributed by atoms with van der Waals surface area (Å²) >= 11 is 11.9. The lowest BCUT2D eigenvalue weighted by atomic mass is 10.1. The zero-order valence-electron chi connectivity index (χ0n) is 16.1. The summed E-state index contributed by atoms with van der Waals surface area (Å²) in [5.74, 6) is -0.179. The molecule has 1 amide bonds. The Morgan fingerprint density at radius 2 is 1.80 bits per heavy atom. The van der Waals surface area contributed by atoms with Crippen molar-refractivity contribution in [2.75, 3.05) is 32.9 Å². The van der Waals surface area contributed by atoms with Crippen LogP contribution in [0.25, 0.3) is 0 Å². The highest BCUT2D eigenvalue weighted by atomic mass is 35.5. The third-order valence-corrected chi connectivity index (χ3v) is 6.92. The van der Waals surface area contributed by atoms with Gasteiger partial charge in [0.2, 0.25) is 10.0 Å². The number of rotatable bonds is 8. The summed E-state index contributed by atoms with van der Waals surface area (Å²) in [6.07, 6.45) is 0. The minimum atomic E-state index is -3.46. The number of ether oxygens (including phenoxy) is 2. The van der Waals surface area contributed by atoms with Crippen LogP contribution < -0.4 is 10.1 Å². The van der Waals surface area contributed by atoms with Gasteiger partial charge in [-0.3, -0.25) is 4.79 Å². The van der Waals surface area contributed by atoms with Crippen LogP contribution in [0.15, 0.2) is 42.5 Å². The first kappa shape index (κ1) is 22.8. The van der Waals surface area contributed by atoms with Gasteiger partial charge in [-0.15, -0.1) is 0 Å². The van der Waals surface area contributed by atoms with E-state index in [0.29, 0.717) is 47.7 Å². The summed E-state index contributed by atoms with van der Waals surface area (Å²) in [5, 5.41) is 3.54. The van der Waals surface area contributed by atoms with Crippen LogP contribution in [0.2, 0.25) is 10.0 Å². The molecule has 10 heteroatoms. The Kier molecular flexibility index (Phi) is 7.96. The average Bonchev–Trinajstić information content (AvgIpc) is 2.74. The smallest absolute Gasteiger partial charge is 0.258 e. The molecule has 0 unspecified atom stereocenters.